The largest absolute Gasteiger partial charge is 0.517 e. The fraction of sp³-hybridized carbons (Fsp3) is 0.833. The van der Waals surface area contributed by atoms with E-state index in [1.54, 1.807) is 20.8 Å². The molecule has 5 heteroatoms. The first-order valence-electron chi connectivity index (χ1n) is 6.07. The Kier molecular flexibility index (Phi) is 4.14. The van der Waals surface area contributed by atoms with Gasteiger partial charge in [-0.15, -0.1) is 0 Å². The third-order valence-corrected chi connectivity index (χ3v) is 2.89. The molecule has 0 aliphatic carbocycles. The summed E-state index contributed by atoms with van der Waals surface area (Å²) in [4.78, 5) is 23.1. The van der Waals surface area contributed by atoms with Crippen molar-refractivity contribution in [3.05, 3.63) is 0 Å². The van der Waals surface area contributed by atoms with Crippen molar-refractivity contribution in [2.45, 2.75) is 45.6 Å². The summed E-state index contributed by atoms with van der Waals surface area (Å²) in [6, 6.07) is 0. The molecular weight excluding hydrogens is 222 g/mol. The van der Waals surface area contributed by atoms with Gasteiger partial charge in [0.25, 0.3) is 0 Å². The van der Waals surface area contributed by atoms with Crippen LogP contribution < -0.4 is 0 Å². The Morgan fingerprint density at radius 3 is 2.12 bits per heavy atom. The number of likely N-dealkylation sites (tertiary alicyclic amines) is 1. The highest BCUT2D eigenvalue weighted by atomic mass is 16.6. The minimum Gasteiger partial charge on any atom is -0.477 e. The maximum absolute atomic E-state index is 12.2. The Morgan fingerprint density at radius 2 is 1.71 bits per heavy atom. The van der Waals surface area contributed by atoms with E-state index in [-0.39, 0.29) is 11.0 Å². The van der Waals surface area contributed by atoms with Gasteiger partial charge in [0, 0.05) is 0 Å². The molecule has 1 aliphatic rings. The van der Waals surface area contributed by atoms with Crippen LogP contribution in [0.2, 0.25) is 0 Å². The number of rotatable bonds is 2. The molecule has 5 nitrogen and oxygen atoms in total. The van der Waals surface area contributed by atoms with E-state index in [1.807, 2.05) is 0 Å². The number of carboxylic acid groups (broad SMARTS) is 1. The van der Waals surface area contributed by atoms with Crippen LogP contribution in [-0.2, 0) is 9.53 Å². The summed E-state index contributed by atoms with van der Waals surface area (Å²) >= 11 is 0. The molecule has 1 aliphatic heterocycles. The van der Waals surface area contributed by atoms with Crippen LogP contribution in [0.5, 0.6) is 0 Å². The van der Waals surface area contributed by atoms with E-state index in [9.17, 15) is 9.59 Å². The molecule has 1 N–H and O–H groups in total. The summed E-state index contributed by atoms with van der Waals surface area (Å²) in [7, 11) is 0. The number of carbonyl (C=O) groups is 2. The van der Waals surface area contributed by atoms with E-state index in [0.29, 0.717) is 13.1 Å². The molecule has 98 valence electrons. The molecule has 0 aromatic carbocycles. The zero-order chi connectivity index (χ0) is 13.1. The van der Waals surface area contributed by atoms with Gasteiger partial charge in [-0.25, -0.2) is 9.28 Å². The molecule has 1 amide bonds. The summed E-state index contributed by atoms with van der Waals surface area (Å²) in [5, 5.41) is 8.95. The van der Waals surface area contributed by atoms with Crippen LogP contribution in [0.25, 0.3) is 0 Å². The van der Waals surface area contributed by atoms with Crippen molar-refractivity contribution < 1.29 is 23.9 Å². The second kappa shape index (κ2) is 5.04. The van der Waals surface area contributed by atoms with Gasteiger partial charge in [-0.2, -0.15) is 4.79 Å². The van der Waals surface area contributed by atoms with E-state index in [4.69, 9.17) is 9.84 Å². The van der Waals surface area contributed by atoms with Crippen LogP contribution in [-0.4, -0.2) is 46.9 Å². The number of hydrogen-bond donors (Lipinski definition) is 1. The maximum atomic E-state index is 12.2. The van der Waals surface area contributed by atoms with E-state index in [1.165, 1.54) is 0 Å². The lowest BCUT2D eigenvalue weighted by molar-refractivity contribution is -0.856. The average Bonchev–Trinajstić information content (AvgIpc) is 2.15. The number of nitrogens with zero attached hydrogens (tertiary/aromatic N) is 1. The molecule has 0 aromatic heterocycles. The molecule has 0 unspecified atom stereocenters. The third-order valence-electron chi connectivity index (χ3n) is 2.89. The number of carboxylic acids is 1. The van der Waals surface area contributed by atoms with Crippen molar-refractivity contribution in [2.75, 3.05) is 19.6 Å². The number of ether oxygens (including phenoxy) is 1. The van der Waals surface area contributed by atoms with Gasteiger partial charge in [-0.1, -0.05) is 0 Å². The second-order valence-electron chi connectivity index (χ2n) is 5.69. The lowest BCUT2D eigenvalue weighted by atomic mass is 10.1. The quantitative estimate of drug-likeness (QED) is 0.755. The van der Waals surface area contributed by atoms with Gasteiger partial charge in [0.2, 0.25) is 0 Å². The average molecular weight is 244 g/mol. The Morgan fingerprint density at radius 1 is 1.18 bits per heavy atom. The second-order valence-corrected chi connectivity index (χ2v) is 5.69. The fourth-order valence-electron chi connectivity index (χ4n) is 2.14. The standard InChI is InChI=1S/C12H21NO4/c1-12(2,3)17-11(16)13(9-10(14)15)7-5-4-6-8-13/h4-9H2,1-3H3/p+1. The van der Waals surface area contributed by atoms with Crippen LogP contribution in [0.1, 0.15) is 40.0 Å². The van der Waals surface area contributed by atoms with Crippen LogP contribution in [0.3, 0.4) is 0 Å². The summed E-state index contributed by atoms with van der Waals surface area (Å²) in [5.74, 6) is -0.947. The number of amides is 1. The first-order valence-corrected chi connectivity index (χ1v) is 6.07. The summed E-state index contributed by atoms with van der Waals surface area (Å²) in [6.45, 7) is 6.36. The van der Waals surface area contributed by atoms with Crippen molar-refractivity contribution in [2.24, 2.45) is 0 Å². The Bertz CT molecular complexity index is 300. The van der Waals surface area contributed by atoms with Crippen LogP contribution >= 0.6 is 0 Å². The smallest absolute Gasteiger partial charge is 0.477 e. The normalized spacial score (nSPS) is 19.7. The molecule has 0 atom stereocenters. The van der Waals surface area contributed by atoms with Crippen LogP contribution in [0.15, 0.2) is 0 Å². The van der Waals surface area contributed by atoms with E-state index in [0.717, 1.165) is 19.3 Å². The zero-order valence-corrected chi connectivity index (χ0v) is 10.9. The molecule has 1 heterocycles. The molecule has 0 radical (unpaired) electrons. The topological polar surface area (TPSA) is 63.6 Å². The minimum absolute atomic E-state index is 0.0629. The first kappa shape index (κ1) is 14.0. The number of aliphatic carboxylic acids is 1. The van der Waals surface area contributed by atoms with Gasteiger partial charge in [0.1, 0.15) is 5.60 Å². The van der Waals surface area contributed by atoms with Crippen molar-refractivity contribution >= 4 is 12.1 Å². The molecule has 0 bridgehead atoms. The third kappa shape index (κ3) is 4.00. The van der Waals surface area contributed by atoms with E-state index >= 15 is 0 Å². The van der Waals surface area contributed by atoms with E-state index in [2.05, 4.69) is 0 Å². The van der Waals surface area contributed by atoms with Gasteiger partial charge >= 0.3 is 12.1 Å². The molecule has 0 saturated carbocycles. The maximum Gasteiger partial charge on any atom is 0.517 e. The summed E-state index contributed by atoms with van der Waals surface area (Å²) in [5.41, 5.74) is -0.571. The fourth-order valence-corrected chi connectivity index (χ4v) is 2.14. The van der Waals surface area contributed by atoms with Crippen molar-refractivity contribution in [3.8, 4) is 0 Å². The lowest BCUT2D eigenvalue weighted by Crippen LogP contribution is -2.59. The lowest BCUT2D eigenvalue weighted by Gasteiger charge is -2.37. The molecular formula is C12H22NO4+. The van der Waals surface area contributed by atoms with Crippen molar-refractivity contribution in [1.82, 2.24) is 0 Å². The number of carbonyl (C=O) groups excluding carboxylic acids is 1. The summed E-state index contributed by atoms with van der Waals surface area (Å²) < 4.78 is 5.29. The molecule has 0 aromatic rings. The van der Waals surface area contributed by atoms with Crippen LogP contribution in [0, 0.1) is 0 Å². The number of piperidine rings is 1. The summed E-state index contributed by atoms with van der Waals surface area (Å²) in [6.07, 6.45) is 2.42. The van der Waals surface area contributed by atoms with Crippen molar-refractivity contribution in [1.29, 1.82) is 0 Å². The van der Waals surface area contributed by atoms with E-state index < -0.39 is 17.7 Å². The predicted molar refractivity (Wildman–Crippen MR) is 62.6 cm³/mol. The van der Waals surface area contributed by atoms with Gasteiger partial charge in [0.05, 0.1) is 13.1 Å². The Hall–Kier alpha value is -1.10. The SMILES string of the molecule is CC(C)(C)OC(=O)[N+]1(CC(=O)O)CCCCC1. The molecule has 1 rings (SSSR count). The highest BCUT2D eigenvalue weighted by Crippen LogP contribution is 2.23. The highest BCUT2D eigenvalue weighted by Gasteiger charge is 2.43. The molecule has 1 fully saturated rings. The van der Waals surface area contributed by atoms with Gasteiger partial charge in [-0.3, -0.25) is 0 Å². The van der Waals surface area contributed by atoms with Crippen LogP contribution in [0.4, 0.5) is 4.79 Å². The number of hydrogen-bond acceptors (Lipinski definition) is 3. The highest BCUT2D eigenvalue weighted by molar-refractivity contribution is 5.71. The minimum atomic E-state index is -0.947. The first-order chi connectivity index (χ1) is 7.75. The zero-order valence-electron chi connectivity index (χ0n) is 10.9. The van der Waals surface area contributed by atoms with Gasteiger partial charge < -0.3 is 9.84 Å². The monoisotopic (exact) mass is 244 g/mol. The molecule has 17 heavy (non-hydrogen) atoms. The predicted octanol–water partition coefficient (Wildman–Crippen LogP) is 2.01. The molecule has 1 saturated heterocycles. The Balaban J connectivity index is 2.81. The number of quaternary nitrogens is 1. The van der Waals surface area contributed by atoms with Crippen molar-refractivity contribution in [3.63, 3.8) is 0 Å². The molecule has 0 spiro atoms. The van der Waals surface area contributed by atoms with Gasteiger partial charge in [0.15, 0.2) is 6.54 Å². The Labute approximate surface area is 102 Å². The van der Waals surface area contributed by atoms with Gasteiger partial charge in [-0.05, 0) is 40.0 Å².